The number of hydrogen-bond acceptors (Lipinski definition) is 4. The van der Waals surface area contributed by atoms with Crippen LogP contribution < -0.4 is 0 Å². The Hall–Kier alpha value is -3.17. The summed E-state index contributed by atoms with van der Waals surface area (Å²) in [6.45, 7) is 3.65. The molecule has 0 unspecified atom stereocenters. The fraction of sp³-hybridized carbons (Fsp3) is 0.348. The first kappa shape index (κ1) is 17.9. The lowest BCUT2D eigenvalue weighted by Gasteiger charge is -2.37. The topological polar surface area (TPSA) is 53.7 Å². The molecule has 5 rings (SSSR count). The van der Waals surface area contributed by atoms with Gasteiger partial charge < -0.3 is 4.90 Å². The van der Waals surface area contributed by atoms with Crippen molar-refractivity contribution in [3.63, 3.8) is 0 Å². The molecule has 1 aromatic carbocycles. The van der Waals surface area contributed by atoms with Gasteiger partial charge in [0.2, 0.25) is 5.91 Å². The van der Waals surface area contributed by atoms with Crippen molar-refractivity contribution in [2.45, 2.75) is 25.4 Å². The lowest BCUT2D eigenvalue weighted by molar-refractivity contribution is -0.133. The summed E-state index contributed by atoms with van der Waals surface area (Å²) in [5.74, 6) is 6.66. The average Bonchev–Trinajstić information content (AvgIpc) is 3.34. The van der Waals surface area contributed by atoms with Crippen molar-refractivity contribution in [1.82, 2.24) is 24.4 Å². The molecule has 0 spiro atoms. The van der Waals surface area contributed by atoms with Gasteiger partial charge in [0.15, 0.2) is 5.65 Å². The molecule has 3 aromatic rings. The van der Waals surface area contributed by atoms with Crippen molar-refractivity contribution in [3.05, 3.63) is 66.1 Å². The Kier molecular flexibility index (Phi) is 4.74. The van der Waals surface area contributed by atoms with Crippen LogP contribution in [0, 0.1) is 17.8 Å². The molecule has 2 atom stereocenters. The van der Waals surface area contributed by atoms with Crippen LogP contribution in [0.3, 0.4) is 0 Å². The van der Waals surface area contributed by atoms with Crippen LogP contribution in [0.1, 0.15) is 24.1 Å². The van der Waals surface area contributed by atoms with E-state index >= 15 is 0 Å². The lowest BCUT2D eigenvalue weighted by atomic mass is 10.0. The summed E-state index contributed by atoms with van der Waals surface area (Å²) in [5.41, 5.74) is 2.91. The Morgan fingerprint density at radius 3 is 2.86 bits per heavy atom. The van der Waals surface area contributed by atoms with Gasteiger partial charge in [-0.05, 0) is 30.0 Å². The smallest absolute Gasteiger partial charge is 0.227 e. The van der Waals surface area contributed by atoms with Crippen LogP contribution >= 0.6 is 0 Å². The molecule has 6 heteroatoms. The number of hydrogen-bond donors (Lipinski definition) is 0. The highest BCUT2D eigenvalue weighted by atomic mass is 16.2. The first-order valence-electron chi connectivity index (χ1n) is 10.1. The molecular formula is C23H23N5O. The maximum absolute atomic E-state index is 12.8. The van der Waals surface area contributed by atoms with Gasteiger partial charge in [-0.25, -0.2) is 9.50 Å². The molecule has 0 bridgehead atoms. The largest absolute Gasteiger partial charge is 0.337 e. The number of carbonyl (C=O) groups is 1. The molecule has 4 heterocycles. The average molecular weight is 385 g/mol. The molecule has 146 valence electrons. The van der Waals surface area contributed by atoms with Crippen molar-refractivity contribution in [1.29, 1.82) is 0 Å². The number of nitrogens with zero attached hydrogens (tertiary/aromatic N) is 5. The second-order valence-corrected chi connectivity index (χ2v) is 7.79. The standard InChI is InChI=1S/C23H23N5O/c29-23-19(8-4-9-20-10-5-11-22-24-17-25-28(20)22)14-21-16-26(12-13-27(21)23)15-18-6-2-1-3-7-18/h1-3,5-7,10-11,17,19,21H,8,12-16H2/t19-,21-/m0/s1. The number of benzene rings is 1. The van der Waals surface area contributed by atoms with Crippen molar-refractivity contribution < 1.29 is 4.79 Å². The normalized spacial score (nSPS) is 21.8. The minimum Gasteiger partial charge on any atom is -0.337 e. The quantitative estimate of drug-likeness (QED) is 0.649. The summed E-state index contributed by atoms with van der Waals surface area (Å²) in [6.07, 6.45) is 3.02. The molecule has 6 nitrogen and oxygen atoms in total. The summed E-state index contributed by atoms with van der Waals surface area (Å²) >= 11 is 0. The number of aromatic nitrogens is 3. The van der Waals surface area contributed by atoms with Gasteiger partial charge >= 0.3 is 0 Å². The maximum Gasteiger partial charge on any atom is 0.227 e. The van der Waals surface area contributed by atoms with Crippen LogP contribution in [0.5, 0.6) is 0 Å². The molecule has 0 aliphatic carbocycles. The van der Waals surface area contributed by atoms with Crippen LogP contribution in [0.4, 0.5) is 0 Å². The minimum atomic E-state index is -0.000810. The fourth-order valence-electron chi connectivity index (χ4n) is 4.44. The Balaban J connectivity index is 1.23. The third-order valence-corrected chi connectivity index (χ3v) is 5.87. The second kappa shape index (κ2) is 7.69. The molecule has 0 N–H and O–H groups in total. The van der Waals surface area contributed by atoms with Gasteiger partial charge in [-0.3, -0.25) is 9.69 Å². The third-order valence-electron chi connectivity index (χ3n) is 5.87. The Morgan fingerprint density at radius 2 is 1.97 bits per heavy atom. The third kappa shape index (κ3) is 3.62. The van der Waals surface area contributed by atoms with Crippen LogP contribution in [-0.2, 0) is 11.3 Å². The molecule has 29 heavy (non-hydrogen) atoms. The van der Waals surface area contributed by atoms with Gasteiger partial charge in [0.25, 0.3) is 0 Å². The van der Waals surface area contributed by atoms with Crippen molar-refractivity contribution >= 4 is 11.6 Å². The number of piperazine rings is 1. The van der Waals surface area contributed by atoms with Crippen molar-refractivity contribution in [2.75, 3.05) is 19.6 Å². The molecule has 1 amide bonds. The number of fused-ring (bicyclic) bond motifs is 2. The molecule has 0 radical (unpaired) electrons. The highest BCUT2D eigenvalue weighted by Crippen LogP contribution is 2.30. The van der Waals surface area contributed by atoms with Gasteiger partial charge in [-0.1, -0.05) is 42.3 Å². The molecule has 2 fully saturated rings. The molecular weight excluding hydrogens is 362 g/mol. The monoisotopic (exact) mass is 385 g/mol. The predicted octanol–water partition coefficient (Wildman–Crippen LogP) is 2.20. The highest BCUT2D eigenvalue weighted by molar-refractivity contribution is 5.82. The Bertz CT molecular complexity index is 1080. The Labute approximate surface area is 170 Å². The molecule has 2 aliphatic heterocycles. The van der Waals surface area contributed by atoms with Gasteiger partial charge in [0, 0.05) is 38.6 Å². The predicted molar refractivity (Wildman–Crippen MR) is 110 cm³/mol. The van der Waals surface area contributed by atoms with E-state index in [1.165, 1.54) is 11.9 Å². The SMILES string of the molecule is O=C1[C@@H](CC#Cc2cccc3ncnn23)C[C@H]2CN(Cc3ccccc3)CCN12. The highest BCUT2D eigenvalue weighted by Gasteiger charge is 2.41. The molecule has 2 aliphatic rings. The zero-order chi connectivity index (χ0) is 19.6. The first-order chi connectivity index (χ1) is 14.3. The summed E-state index contributed by atoms with van der Waals surface area (Å²) in [4.78, 5) is 21.5. The maximum atomic E-state index is 12.8. The van der Waals surface area contributed by atoms with Crippen LogP contribution in [0.15, 0.2) is 54.9 Å². The molecule has 2 saturated heterocycles. The van der Waals surface area contributed by atoms with Crippen LogP contribution in [0.25, 0.3) is 5.65 Å². The van der Waals surface area contributed by atoms with E-state index in [2.05, 4.69) is 56.0 Å². The van der Waals surface area contributed by atoms with Crippen LogP contribution in [-0.4, -0.2) is 56.0 Å². The minimum absolute atomic E-state index is 0.000810. The van der Waals surface area contributed by atoms with E-state index < -0.39 is 0 Å². The first-order valence-corrected chi connectivity index (χ1v) is 10.1. The lowest BCUT2D eigenvalue weighted by Crippen LogP contribution is -2.51. The van der Waals surface area contributed by atoms with E-state index in [9.17, 15) is 4.79 Å². The number of amides is 1. The number of rotatable bonds is 3. The Morgan fingerprint density at radius 1 is 1.07 bits per heavy atom. The molecule has 2 aromatic heterocycles. The van der Waals surface area contributed by atoms with Crippen molar-refractivity contribution in [3.8, 4) is 11.8 Å². The van der Waals surface area contributed by atoms with E-state index in [4.69, 9.17) is 0 Å². The second-order valence-electron chi connectivity index (χ2n) is 7.79. The van der Waals surface area contributed by atoms with E-state index in [1.54, 1.807) is 4.52 Å². The van der Waals surface area contributed by atoms with E-state index in [1.807, 2.05) is 24.3 Å². The summed E-state index contributed by atoms with van der Waals surface area (Å²) < 4.78 is 1.73. The zero-order valence-corrected chi connectivity index (χ0v) is 16.2. The summed E-state index contributed by atoms with van der Waals surface area (Å²) in [6, 6.07) is 16.6. The van der Waals surface area contributed by atoms with Gasteiger partial charge in [-0.2, -0.15) is 5.10 Å². The van der Waals surface area contributed by atoms with Gasteiger partial charge in [0.05, 0.1) is 5.92 Å². The van der Waals surface area contributed by atoms with E-state index in [0.717, 1.165) is 43.9 Å². The summed E-state index contributed by atoms with van der Waals surface area (Å²) in [5, 5.41) is 4.21. The number of pyridine rings is 1. The zero-order valence-electron chi connectivity index (χ0n) is 16.2. The van der Waals surface area contributed by atoms with Gasteiger partial charge in [0.1, 0.15) is 12.0 Å². The van der Waals surface area contributed by atoms with Crippen molar-refractivity contribution in [2.24, 2.45) is 5.92 Å². The number of carbonyl (C=O) groups excluding carboxylic acids is 1. The van der Waals surface area contributed by atoms with E-state index in [0.29, 0.717) is 12.5 Å². The summed E-state index contributed by atoms with van der Waals surface area (Å²) in [7, 11) is 0. The molecule has 0 saturated carbocycles. The van der Waals surface area contributed by atoms with Crippen LogP contribution in [0.2, 0.25) is 0 Å². The van der Waals surface area contributed by atoms with E-state index in [-0.39, 0.29) is 11.8 Å². The fourth-order valence-corrected chi connectivity index (χ4v) is 4.44. The van der Waals surface area contributed by atoms with Gasteiger partial charge in [-0.15, -0.1) is 0 Å².